The summed E-state index contributed by atoms with van der Waals surface area (Å²) < 4.78 is 19.0. The van der Waals surface area contributed by atoms with Crippen molar-refractivity contribution >= 4 is 0 Å². The molecule has 0 spiro atoms. The van der Waals surface area contributed by atoms with Gasteiger partial charge in [-0.25, -0.2) is 9.37 Å². The summed E-state index contributed by atoms with van der Waals surface area (Å²) in [6.45, 7) is 2.12. The Labute approximate surface area is 145 Å². The summed E-state index contributed by atoms with van der Waals surface area (Å²) >= 11 is 0. The zero-order chi connectivity index (χ0) is 17.1. The van der Waals surface area contributed by atoms with Gasteiger partial charge < -0.3 is 15.0 Å². The van der Waals surface area contributed by atoms with E-state index in [-0.39, 0.29) is 5.82 Å². The van der Waals surface area contributed by atoms with Gasteiger partial charge in [0.15, 0.2) is 0 Å². The number of hydrogen-bond donors (Lipinski definition) is 2. The van der Waals surface area contributed by atoms with Crippen molar-refractivity contribution in [3.05, 3.63) is 60.3 Å². The molecule has 2 aromatic heterocycles. The number of hydrogen-bond acceptors (Lipinski definition) is 4. The molecular weight excluding hydrogens is 319 g/mol. The first kappa shape index (κ1) is 15.9. The molecule has 3 heterocycles. The predicted octanol–water partition coefficient (Wildman–Crippen LogP) is 3.16. The Morgan fingerprint density at radius 3 is 2.96 bits per heavy atom. The van der Waals surface area contributed by atoms with Gasteiger partial charge in [0.25, 0.3) is 0 Å². The first-order valence-electron chi connectivity index (χ1n) is 8.37. The number of rotatable bonds is 5. The summed E-state index contributed by atoms with van der Waals surface area (Å²) in [5, 5.41) is 3.44. The number of aromatic nitrogens is 3. The van der Waals surface area contributed by atoms with Crippen molar-refractivity contribution in [3.8, 4) is 22.6 Å². The van der Waals surface area contributed by atoms with E-state index in [0.717, 1.165) is 42.4 Å². The number of imidazole rings is 1. The maximum absolute atomic E-state index is 13.7. The van der Waals surface area contributed by atoms with Gasteiger partial charge in [0, 0.05) is 24.4 Å². The van der Waals surface area contributed by atoms with Gasteiger partial charge in [-0.1, -0.05) is 18.2 Å². The summed E-state index contributed by atoms with van der Waals surface area (Å²) in [5.41, 5.74) is 3.01. The number of H-pyrrole nitrogens is 1. The van der Waals surface area contributed by atoms with Crippen LogP contribution in [0, 0.1) is 5.82 Å². The molecule has 1 aliphatic heterocycles. The quantitative estimate of drug-likeness (QED) is 0.750. The second-order valence-corrected chi connectivity index (χ2v) is 6.07. The van der Waals surface area contributed by atoms with Crippen LogP contribution < -0.4 is 5.32 Å². The van der Waals surface area contributed by atoms with E-state index in [2.05, 4.69) is 15.3 Å². The van der Waals surface area contributed by atoms with Gasteiger partial charge in [0.05, 0.1) is 30.2 Å². The maximum Gasteiger partial charge on any atom is 0.123 e. The summed E-state index contributed by atoms with van der Waals surface area (Å²) in [4.78, 5) is 12.4. The standard InChI is InChI=1S/C19H19FN4O/c20-14-5-3-4-13(10-14)18-19(16-6-1-2-8-21-16)24-17(23-18)11-22-15-7-9-25-12-15/h1-6,8,10,15,22H,7,9,11-12H2,(H,23,24). The number of nitrogens with one attached hydrogen (secondary N) is 2. The van der Waals surface area contributed by atoms with Crippen LogP contribution in [0.5, 0.6) is 0 Å². The topological polar surface area (TPSA) is 62.8 Å². The lowest BCUT2D eigenvalue weighted by Crippen LogP contribution is -2.28. The lowest BCUT2D eigenvalue weighted by molar-refractivity contribution is 0.189. The van der Waals surface area contributed by atoms with Gasteiger partial charge in [-0.05, 0) is 30.7 Å². The van der Waals surface area contributed by atoms with Crippen molar-refractivity contribution in [1.29, 1.82) is 0 Å². The molecule has 1 saturated heterocycles. The molecule has 0 radical (unpaired) electrons. The van der Waals surface area contributed by atoms with Crippen LogP contribution in [0.1, 0.15) is 12.2 Å². The van der Waals surface area contributed by atoms with Crippen LogP contribution in [0.4, 0.5) is 4.39 Å². The van der Waals surface area contributed by atoms with Crippen LogP contribution in [0.25, 0.3) is 22.6 Å². The molecule has 4 rings (SSSR count). The third-order valence-corrected chi connectivity index (χ3v) is 4.26. The molecular formula is C19H19FN4O. The Hall–Kier alpha value is -2.57. The Kier molecular flexibility index (Phi) is 4.54. The van der Waals surface area contributed by atoms with Gasteiger partial charge in [-0.15, -0.1) is 0 Å². The molecule has 128 valence electrons. The number of pyridine rings is 1. The lowest BCUT2D eigenvalue weighted by Gasteiger charge is -2.08. The van der Waals surface area contributed by atoms with Crippen molar-refractivity contribution in [2.45, 2.75) is 19.0 Å². The van der Waals surface area contributed by atoms with Crippen LogP contribution in [0.2, 0.25) is 0 Å². The second-order valence-electron chi connectivity index (χ2n) is 6.07. The minimum absolute atomic E-state index is 0.282. The number of ether oxygens (including phenoxy) is 1. The summed E-state index contributed by atoms with van der Waals surface area (Å²) in [7, 11) is 0. The molecule has 0 aliphatic carbocycles. The van der Waals surface area contributed by atoms with Crippen LogP contribution in [0.3, 0.4) is 0 Å². The second kappa shape index (κ2) is 7.13. The van der Waals surface area contributed by atoms with E-state index in [1.165, 1.54) is 12.1 Å². The van der Waals surface area contributed by atoms with Crippen LogP contribution >= 0.6 is 0 Å². The molecule has 1 aromatic carbocycles. The summed E-state index contributed by atoms with van der Waals surface area (Å²) in [6, 6.07) is 12.5. The average Bonchev–Trinajstić information content (AvgIpc) is 3.30. The molecule has 1 unspecified atom stereocenters. The fourth-order valence-electron chi connectivity index (χ4n) is 2.98. The first-order chi connectivity index (χ1) is 12.3. The fourth-order valence-corrected chi connectivity index (χ4v) is 2.98. The highest BCUT2D eigenvalue weighted by atomic mass is 19.1. The van der Waals surface area contributed by atoms with Gasteiger partial charge in [0.2, 0.25) is 0 Å². The van der Waals surface area contributed by atoms with Gasteiger partial charge in [0.1, 0.15) is 11.6 Å². The van der Waals surface area contributed by atoms with Crippen molar-refractivity contribution in [2.24, 2.45) is 0 Å². The van der Waals surface area contributed by atoms with Crippen LogP contribution in [-0.2, 0) is 11.3 Å². The highest BCUT2D eigenvalue weighted by molar-refractivity contribution is 5.76. The zero-order valence-electron chi connectivity index (χ0n) is 13.7. The van der Waals surface area contributed by atoms with Crippen molar-refractivity contribution in [2.75, 3.05) is 13.2 Å². The van der Waals surface area contributed by atoms with Crippen LogP contribution in [0.15, 0.2) is 48.7 Å². The number of benzene rings is 1. The molecule has 6 heteroatoms. The normalized spacial score (nSPS) is 17.1. The van der Waals surface area contributed by atoms with Crippen molar-refractivity contribution < 1.29 is 9.13 Å². The first-order valence-corrected chi connectivity index (χ1v) is 8.37. The highest BCUT2D eigenvalue weighted by Gasteiger charge is 2.18. The van der Waals surface area contributed by atoms with E-state index in [9.17, 15) is 4.39 Å². The molecule has 1 atom stereocenters. The van der Waals surface area contributed by atoms with E-state index < -0.39 is 0 Å². The van der Waals surface area contributed by atoms with E-state index in [0.29, 0.717) is 18.3 Å². The zero-order valence-corrected chi connectivity index (χ0v) is 13.7. The van der Waals surface area contributed by atoms with Crippen molar-refractivity contribution in [1.82, 2.24) is 20.3 Å². The predicted molar refractivity (Wildman–Crippen MR) is 93.3 cm³/mol. The number of halogens is 1. The minimum Gasteiger partial charge on any atom is -0.380 e. The molecule has 0 amide bonds. The largest absolute Gasteiger partial charge is 0.380 e. The average molecular weight is 338 g/mol. The Bertz CT molecular complexity index is 844. The molecule has 1 aliphatic rings. The van der Waals surface area contributed by atoms with E-state index >= 15 is 0 Å². The number of aromatic amines is 1. The Balaban J connectivity index is 1.67. The molecule has 5 nitrogen and oxygen atoms in total. The minimum atomic E-state index is -0.282. The SMILES string of the molecule is Fc1cccc(-c2nc(CNC3CCOC3)[nH]c2-c2ccccn2)c1. The molecule has 0 saturated carbocycles. The van der Waals surface area contributed by atoms with E-state index in [4.69, 9.17) is 9.72 Å². The van der Waals surface area contributed by atoms with Gasteiger partial charge in [-0.2, -0.15) is 0 Å². The maximum atomic E-state index is 13.7. The van der Waals surface area contributed by atoms with Crippen LogP contribution in [-0.4, -0.2) is 34.2 Å². The third-order valence-electron chi connectivity index (χ3n) is 4.26. The molecule has 3 aromatic rings. The molecule has 1 fully saturated rings. The van der Waals surface area contributed by atoms with E-state index in [1.54, 1.807) is 12.3 Å². The van der Waals surface area contributed by atoms with Gasteiger partial charge in [-0.3, -0.25) is 4.98 Å². The van der Waals surface area contributed by atoms with Gasteiger partial charge >= 0.3 is 0 Å². The fraction of sp³-hybridized carbons (Fsp3) is 0.263. The Morgan fingerprint density at radius 2 is 2.20 bits per heavy atom. The Morgan fingerprint density at radius 1 is 1.24 bits per heavy atom. The third kappa shape index (κ3) is 3.60. The highest BCUT2D eigenvalue weighted by Crippen LogP contribution is 2.29. The molecule has 0 bridgehead atoms. The summed E-state index contributed by atoms with van der Waals surface area (Å²) in [6.07, 6.45) is 2.74. The summed E-state index contributed by atoms with van der Waals surface area (Å²) in [5.74, 6) is 0.516. The van der Waals surface area contributed by atoms with Crippen molar-refractivity contribution in [3.63, 3.8) is 0 Å². The monoisotopic (exact) mass is 338 g/mol. The van der Waals surface area contributed by atoms with E-state index in [1.807, 2.05) is 24.3 Å². The number of nitrogens with zero attached hydrogens (tertiary/aromatic N) is 2. The molecule has 2 N–H and O–H groups in total. The molecule has 25 heavy (non-hydrogen) atoms. The lowest BCUT2D eigenvalue weighted by atomic mass is 10.1. The smallest absolute Gasteiger partial charge is 0.123 e.